The van der Waals surface area contributed by atoms with Crippen LogP contribution < -0.4 is 19.6 Å². The van der Waals surface area contributed by atoms with Gasteiger partial charge in [-0.2, -0.15) is 5.10 Å². The molecule has 0 aromatic heterocycles. The van der Waals surface area contributed by atoms with Crippen LogP contribution in [0.4, 0.5) is 0 Å². The van der Waals surface area contributed by atoms with Gasteiger partial charge in [0, 0.05) is 5.56 Å². The number of rotatable bonds is 12. The Morgan fingerprint density at radius 2 is 1.59 bits per heavy atom. The number of carbonyl (C=O) groups is 2. The Morgan fingerprint density at radius 3 is 2.22 bits per heavy atom. The molecule has 0 unspecified atom stereocenters. The molecule has 0 bridgehead atoms. The van der Waals surface area contributed by atoms with Crippen molar-refractivity contribution in [3.63, 3.8) is 0 Å². The zero-order valence-corrected chi connectivity index (χ0v) is 21.8. The number of aromatic carboxylic acids is 1. The average molecular weight is 545 g/mol. The smallest absolute Gasteiger partial charge is 0.335 e. The van der Waals surface area contributed by atoms with E-state index in [0.717, 1.165) is 12.0 Å². The summed E-state index contributed by atoms with van der Waals surface area (Å²) in [5.74, 6) is -0.0877. The molecule has 0 atom stereocenters. The number of nitrogens with one attached hydrogen (secondary N) is 1. The molecule has 8 nitrogen and oxygen atoms in total. The number of benzene rings is 3. The second-order valence-electron chi connectivity index (χ2n) is 7.75. The molecule has 37 heavy (non-hydrogen) atoms. The van der Waals surface area contributed by atoms with Crippen LogP contribution in [0.2, 0.25) is 10.0 Å². The summed E-state index contributed by atoms with van der Waals surface area (Å²) in [6.07, 6.45) is 2.26. The number of hydrogen-bond acceptors (Lipinski definition) is 6. The van der Waals surface area contributed by atoms with Crippen LogP contribution in [-0.2, 0) is 6.61 Å². The highest BCUT2D eigenvalue weighted by molar-refractivity contribution is 6.37. The van der Waals surface area contributed by atoms with Crippen molar-refractivity contribution in [2.24, 2.45) is 5.10 Å². The van der Waals surface area contributed by atoms with Gasteiger partial charge in [-0.1, -0.05) is 42.3 Å². The summed E-state index contributed by atoms with van der Waals surface area (Å²) in [5.41, 5.74) is 4.31. The summed E-state index contributed by atoms with van der Waals surface area (Å²) in [6.45, 7) is 4.99. The monoisotopic (exact) mass is 544 g/mol. The van der Waals surface area contributed by atoms with Crippen LogP contribution in [0.5, 0.6) is 17.2 Å². The van der Waals surface area contributed by atoms with E-state index in [2.05, 4.69) is 10.5 Å². The van der Waals surface area contributed by atoms with Crippen molar-refractivity contribution < 1.29 is 28.9 Å². The molecule has 0 fully saturated rings. The molecule has 0 aliphatic rings. The van der Waals surface area contributed by atoms with Gasteiger partial charge in [0.25, 0.3) is 5.91 Å². The summed E-state index contributed by atoms with van der Waals surface area (Å²) in [5, 5.41) is 13.5. The van der Waals surface area contributed by atoms with Gasteiger partial charge in [0.2, 0.25) is 0 Å². The van der Waals surface area contributed by atoms with Gasteiger partial charge in [0.1, 0.15) is 6.61 Å². The zero-order valence-electron chi connectivity index (χ0n) is 20.3. The fraction of sp³-hybridized carbons (Fsp3) is 0.222. The van der Waals surface area contributed by atoms with Gasteiger partial charge in [-0.05, 0) is 66.9 Å². The van der Waals surface area contributed by atoms with E-state index in [0.29, 0.717) is 35.8 Å². The van der Waals surface area contributed by atoms with Crippen LogP contribution in [0.3, 0.4) is 0 Å². The van der Waals surface area contributed by atoms with E-state index in [9.17, 15) is 9.59 Å². The first kappa shape index (κ1) is 27.8. The number of carboxylic acid groups (broad SMARTS) is 1. The number of hydrazone groups is 1. The first-order valence-electron chi connectivity index (χ1n) is 11.5. The molecule has 1 amide bonds. The molecule has 10 heteroatoms. The Bertz CT molecular complexity index is 1260. The number of nitrogens with zero attached hydrogens (tertiary/aromatic N) is 1. The summed E-state index contributed by atoms with van der Waals surface area (Å²) < 4.78 is 17.0. The minimum absolute atomic E-state index is 0.148. The fourth-order valence-electron chi connectivity index (χ4n) is 3.17. The molecule has 0 saturated carbocycles. The molecule has 2 N–H and O–H groups in total. The highest BCUT2D eigenvalue weighted by Gasteiger charge is 2.13. The third-order valence-corrected chi connectivity index (χ3v) is 5.51. The fourth-order valence-corrected chi connectivity index (χ4v) is 3.78. The third-order valence-electron chi connectivity index (χ3n) is 4.95. The lowest BCUT2D eigenvalue weighted by Gasteiger charge is -2.12. The van der Waals surface area contributed by atoms with Gasteiger partial charge in [0.05, 0.1) is 35.0 Å². The van der Waals surface area contributed by atoms with E-state index in [1.807, 2.05) is 13.8 Å². The van der Waals surface area contributed by atoms with E-state index < -0.39 is 11.9 Å². The van der Waals surface area contributed by atoms with Crippen molar-refractivity contribution in [2.45, 2.75) is 26.9 Å². The van der Waals surface area contributed by atoms with Crippen LogP contribution in [0.15, 0.2) is 59.7 Å². The molecule has 0 spiro atoms. The Hall–Kier alpha value is -3.75. The normalized spacial score (nSPS) is 10.8. The molecular formula is C27H26Cl2N2O6. The second kappa shape index (κ2) is 13.5. The van der Waals surface area contributed by atoms with Gasteiger partial charge in [0.15, 0.2) is 17.2 Å². The molecule has 0 aliphatic heterocycles. The predicted octanol–water partition coefficient (Wildman–Crippen LogP) is 6.22. The van der Waals surface area contributed by atoms with Crippen LogP contribution in [0, 0.1) is 0 Å². The standard InChI is InChI=1S/C27H26Cl2N2O6/c1-3-11-36-23-10-9-20(14-24(23)35-4-2)26(32)31-30-15-18-12-21(28)25(22(29)13-18)37-16-17-5-7-19(8-6-17)27(33)34/h5-10,12-15H,3-4,11,16H2,1-2H3,(H,31,32)(H,33,34)/b30-15+. The van der Waals surface area contributed by atoms with Crippen molar-refractivity contribution in [1.29, 1.82) is 0 Å². The van der Waals surface area contributed by atoms with Crippen molar-refractivity contribution >= 4 is 41.3 Å². The summed E-state index contributed by atoms with van der Waals surface area (Å²) in [6, 6.07) is 14.4. The van der Waals surface area contributed by atoms with E-state index >= 15 is 0 Å². The number of hydrogen-bond donors (Lipinski definition) is 2. The first-order valence-corrected chi connectivity index (χ1v) is 12.2. The third kappa shape index (κ3) is 7.87. The molecular weight excluding hydrogens is 519 g/mol. The van der Waals surface area contributed by atoms with Crippen LogP contribution in [0.1, 0.15) is 52.1 Å². The van der Waals surface area contributed by atoms with Crippen molar-refractivity contribution in [3.05, 3.63) is 86.9 Å². The maximum Gasteiger partial charge on any atom is 0.335 e. The zero-order chi connectivity index (χ0) is 26.8. The van der Waals surface area contributed by atoms with Crippen molar-refractivity contribution in [2.75, 3.05) is 13.2 Å². The molecule has 0 aliphatic carbocycles. The molecule has 3 aromatic rings. The lowest BCUT2D eigenvalue weighted by atomic mass is 10.1. The Kier molecular flexibility index (Phi) is 10.2. The summed E-state index contributed by atoms with van der Waals surface area (Å²) in [4.78, 5) is 23.5. The molecule has 0 heterocycles. The maximum atomic E-state index is 12.6. The number of amides is 1. The predicted molar refractivity (Wildman–Crippen MR) is 143 cm³/mol. The molecule has 194 valence electrons. The number of ether oxygens (including phenoxy) is 3. The maximum absolute atomic E-state index is 12.6. The minimum Gasteiger partial charge on any atom is -0.490 e. The lowest BCUT2D eigenvalue weighted by Crippen LogP contribution is -2.17. The highest BCUT2D eigenvalue weighted by atomic mass is 35.5. The van der Waals surface area contributed by atoms with Gasteiger partial charge >= 0.3 is 5.97 Å². The van der Waals surface area contributed by atoms with Gasteiger partial charge in [-0.25, -0.2) is 10.2 Å². The van der Waals surface area contributed by atoms with Gasteiger partial charge in [-0.3, -0.25) is 4.79 Å². The van der Waals surface area contributed by atoms with E-state index in [-0.39, 0.29) is 28.0 Å². The molecule has 0 radical (unpaired) electrons. The SMILES string of the molecule is CCCOc1ccc(C(=O)N/N=C/c2cc(Cl)c(OCc3ccc(C(=O)O)cc3)c(Cl)c2)cc1OCC. The largest absolute Gasteiger partial charge is 0.490 e. The van der Waals surface area contributed by atoms with Crippen LogP contribution in [-0.4, -0.2) is 36.4 Å². The molecule has 3 rings (SSSR count). The first-order chi connectivity index (χ1) is 17.8. The van der Waals surface area contributed by atoms with Gasteiger partial charge < -0.3 is 19.3 Å². The lowest BCUT2D eigenvalue weighted by molar-refractivity contribution is 0.0696. The molecule has 0 saturated heterocycles. The van der Waals surface area contributed by atoms with E-state index in [1.54, 1.807) is 42.5 Å². The topological polar surface area (TPSA) is 106 Å². The Balaban J connectivity index is 1.63. The number of carbonyl (C=O) groups excluding carboxylic acids is 1. The Labute approximate surface area is 224 Å². The van der Waals surface area contributed by atoms with E-state index in [1.165, 1.54) is 18.3 Å². The number of halogens is 2. The van der Waals surface area contributed by atoms with Crippen molar-refractivity contribution in [3.8, 4) is 17.2 Å². The van der Waals surface area contributed by atoms with Crippen LogP contribution in [0.25, 0.3) is 0 Å². The average Bonchev–Trinajstić information content (AvgIpc) is 2.87. The number of carboxylic acids is 1. The van der Waals surface area contributed by atoms with E-state index in [4.69, 9.17) is 42.5 Å². The summed E-state index contributed by atoms with van der Waals surface area (Å²) >= 11 is 12.7. The summed E-state index contributed by atoms with van der Waals surface area (Å²) in [7, 11) is 0. The highest BCUT2D eigenvalue weighted by Crippen LogP contribution is 2.34. The minimum atomic E-state index is -1.00. The molecule has 3 aromatic carbocycles. The second-order valence-corrected chi connectivity index (χ2v) is 8.56. The quantitative estimate of drug-likeness (QED) is 0.207. The van der Waals surface area contributed by atoms with Crippen molar-refractivity contribution in [1.82, 2.24) is 5.43 Å². The Morgan fingerprint density at radius 1 is 0.919 bits per heavy atom. The van der Waals surface area contributed by atoms with Crippen LogP contribution >= 0.6 is 23.2 Å². The van der Waals surface area contributed by atoms with Gasteiger partial charge in [-0.15, -0.1) is 0 Å².